The zero-order valence-corrected chi connectivity index (χ0v) is 10.8. The van der Waals surface area contributed by atoms with E-state index in [9.17, 15) is 9.18 Å². The fraction of sp³-hybridized carbons (Fsp3) is 0.533. The van der Waals surface area contributed by atoms with Gasteiger partial charge in [-0.15, -0.1) is 0 Å². The molecule has 1 aliphatic rings. The molecule has 0 aromatic heterocycles. The van der Waals surface area contributed by atoms with Crippen molar-refractivity contribution in [3.63, 3.8) is 0 Å². The highest BCUT2D eigenvalue weighted by Gasteiger charge is 2.27. The van der Waals surface area contributed by atoms with Gasteiger partial charge < -0.3 is 5.73 Å². The van der Waals surface area contributed by atoms with Crippen molar-refractivity contribution in [3.8, 4) is 0 Å². The normalized spacial score (nSPS) is 23.9. The Balaban J connectivity index is 2.10. The molecule has 0 saturated heterocycles. The molecule has 1 saturated carbocycles. The van der Waals surface area contributed by atoms with Crippen LogP contribution in [0.25, 0.3) is 0 Å². The Morgan fingerprint density at radius 1 is 1.33 bits per heavy atom. The first-order valence-electron chi connectivity index (χ1n) is 6.62. The summed E-state index contributed by atoms with van der Waals surface area (Å²) in [6.07, 6.45) is 3.80. The van der Waals surface area contributed by atoms with E-state index in [0.717, 1.165) is 31.2 Å². The van der Waals surface area contributed by atoms with Crippen LogP contribution in [0.3, 0.4) is 0 Å². The molecule has 0 spiro atoms. The molecule has 1 aromatic rings. The molecule has 2 N–H and O–H groups in total. The number of Topliss-reactive ketones (excluding diaryl/α,β-unsaturated/α-hetero) is 1. The van der Waals surface area contributed by atoms with Crippen molar-refractivity contribution in [1.29, 1.82) is 0 Å². The fourth-order valence-corrected chi connectivity index (χ4v) is 2.74. The van der Waals surface area contributed by atoms with Crippen molar-refractivity contribution in [3.05, 3.63) is 35.1 Å². The van der Waals surface area contributed by atoms with E-state index >= 15 is 0 Å². The molecule has 0 amide bonds. The molecule has 1 aromatic carbocycles. The highest BCUT2D eigenvalue weighted by Crippen LogP contribution is 2.31. The molecule has 98 valence electrons. The minimum absolute atomic E-state index is 0.0494. The third-order valence-electron chi connectivity index (χ3n) is 4.02. The minimum Gasteiger partial charge on any atom is -0.330 e. The van der Waals surface area contributed by atoms with E-state index in [1.165, 1.54) is 12.1 Å². The van der Waals surface area contributed by atoms with Crippen LogP contribution in [-0.2, 0) is 0 Å². The van der Waals surface area contributed by atoms with Crippen LogP contribution in [0.1, 0.15) is 41.6 Å². The molecule has 0 heterocycles. The van der Waals surface area contributed by atoms with Crippen LogP contribution in [-0.4, -0.2) is 12.3 Å². The van der Waals surface area contributed by atoms with E-state index in [1.807, 2.05) is 6.92 Å². The molecular formula is C15H20FNO. The van der Waals surface area contributed by atoms with Gasteiger partial charge in [-0.25, -0.2) is 4.39 Å². The second kappa shape index (κ2) is 5.61. The summed E-state index contributed by atoms with van der Waals surface area (Å²) in [6, 6.07) is 4.44. The first-order chi connectivity index (χ1) is 8.61. The summed E-state index contributed by atoms with van der Waals surface area (Å²) in [5, 5.41) is 0. The molecule has 2 nitrogen and oxygen atoms in total. The molecule has 0 bridgehead atoms. The van der Waals surface area contributed by atoms with Crippen LogP contribution in [0.4, 0.5) is 4.39 Å². The van der Waals surface area contributed by atoms with Gasteiger partial charge in [-0.05, 0) is 62.8 Å². The van der Waals surface area contributed by atoms with Gasteiger partial charge in [-0.3, -0.25) is 4.79 Å². The molecule has 1 fully saturated rings. The van der Waals surface area contributed by atoms with Gasteiger partial charge in [-0.2, -0.15) is 0 Å². The van der Waals surface area contributed by atoms with Gasteiger partial charge in [0.15, 0.2) is 5.78 Å². The summed E-state index contributed by atoms with van der Waals surface area (Å²) in [5.41, 5.74) is 7.06. The molecule has 18 heavy (non-hydrogen) atoms. The van der Waals surface area contributed by atoms with Crippen molar-refractivity contribution < 1.29 is 9.18 Å². The Bertz CT molecular complexity index is 436. The Morgan fingerprint density at radius 2 is 2.00 bits per heavy atom. The van der Waals surface area contributed by atoms with Gasteiger partial charge in [0, 0.05) is 11.5 Å². The molecule has 0 aliphatic heterocycles. The SMILES string of the molecule is Cc1ccc(F)cc1C(=O)C1CCC(CN)CC1. The summed E-state index contributed by atoms with van der Waals surface area (Å²) in [5.74, 6) is 0.373. The number of aryl methyl sites for hydroxylation is 1. The number of carbonyl (C=O) groups is 1. The van der Waals surface area contributed by atoms with E-state index in [-0.39, 0.29) is 17.5 Å². The second-order valence-electron chi connectivity index (χ2n) is 5.28. The zero-order chi connectivity index (χ0) is 13.1. The van der Waals surface area contributed by atoms with Gasteiger partial charge in [-0.1, -0.05) is 6.07 Å². The third-order valence-corrected chi connectivity index (χ3v) is 4.02. The lowest BCUT2D eigenvalue weighted by Crippen LogP contribution is -2.26. The van der Waals surface area contributed by atoms with Gasteiger partial charge in [0.1, 0.15) is 5.82 Å². The molecule has 3 heteroatoms. The van der Waals surface area contributed by atoms with Gasteiger partial charge in [0.25, 0.3) is 0 Å². The zero-order valence-electron chi connectivity index (χ0n) is 10.8. The highest BCUT2D eigenvalue weighted by atomic mass is 19.1. The van der Waals surface area contributed by atoms with Crippen LogP contribution in [0.5, 0.6) is 0 Å². The second-order valence-corrected chi connectivity index (χ2v) is 5.28. The number of rotatable bonds is 3. The van der Waals surface area contributed by atoms with Crippen LogP contribution < -0.4 is 5.73 Å². The van der Waals surface area contributed by atoms with Crippen LogP contribution in [0.15, 0.2) is 18.2 Å². The van der Waals surface area contributed by atoms with Crippen LogP contribution in [0.2, 0.25) is 0 Å². The van der Waals surface area contributed by atoms with Crippen LogP contribution >= 0.6 is 0 Å². The number of halogens is 1. The molecule has 2 rings (SSSR count). The van der Waals surface area contributed by atoms with Crippen molar-refractivity contribution in [2.75, 3.05) is 6.54 Å². The number of ketones is 1. The van der Waals surface area contributed by atoms with Gasteiger partial charge in [0.05, 0.1) is 0 Å². The first-order valence-corrected chi connectivity index (χ1v) is 6.62. The van der Waals surface area contributed by atoms with Crippen molar-refractivity contribution in [2.24, 2.45) is 17.6 Å². The Kier molecular flexibility index (Phi) is 4.12. The summed E-state index contributed by atoms with van der Waals surface area (Å²) in [4.78, 5) is 12.4. The maximum absolute atomic E-state index is 13.2. The molecule has 0 atom stereocenters. The van der Waals surface area contributed by atoms with E-state index in [4.69, 9.17) is 5.73 Å². The van der Waals surface area contributed by atoms with Gasteiger partial charge >= 0.3 is 0 Å². The number of hydrogen-bond donors (Lipinski definition) is 1. The van der Waals surface area contributed by atoms with Crippen molar-refractivity contribution in [2.45, 2.75) is 32.6 Å². The summed E-state index contributed by atoms with van der Waals surface area (Å²) in [6.45, 7) is 2.57. The van der Waals surface area contributed by atoms with Crippen molar-refractivity contribution >= 4 is 5.78 Å². The van der Waals surface area contributed by atoms with Gasteiger partial charge in [0.2, 0.25) is 0 Å². The number of hydrogen-bond acceptors (Lipinski definition) is 2. The standard InChI is InChI=1S/C15H20FNO/c1-10-2-7-13(16)8-14(10)15(18)12-5-3-11(9-17)4-6-12/h2,7-8,11-12H,3-6,9,17H2,1H3. The number of benzene rings is 1. The van der Waals surface area contributed by atoms with E-state index in [2.05, 4.69) is 0 Å². The monoisotopic (exact) mass is 249 g/mol. The quantitative estimate of drug-likeness (QED) is 0.836. The predicted molar refractivity (Wildman–Crippen MR) is 70.0 cm³/mol. The maximum Gasteiger partial charge on any atom is 0.166 e. The summed E-state index contributed by atoms with van der Waals surface area (Å²) in [7, 11) is 0. The van der Waals surface area contributed by atoms with E-state index in [0.29, 0.717) is 18.0 Å². The fourth-order valence-electron chi connectivity index (χ4n) is 2.74. The molecule has 1 aliphatic carbocycles. The molecule has 0 unspecified atom stereocenters. The predicted octanol–water partition coefficient (Wildman–Crippen LogP) is 3.08. The summed E-state index contributed by atoms with van der Waals surface area (Å²) < 4.78 is 13.2. The molecule has 0 radical (unpaired) electrons. The van der Waals surface area contributed by atoms with Crippen LogP contribution in [0, 0.1) is 24.6 Å². The minimum atomic E-state index is -0.334. The summed E-state index contributed by atoms with van der Waals surface area (Å²) >= 11 is 0. The lowest BCUT2D eigenvalue weighted by molar-refractivity contribution is 0.0872. The Labute approximate surface area is 107 Å². The number of nitrogens with two attached hydrogens (primary N) is 1. The van der Waals surface area contributed by atoms with Crippen molar-refractivity contribution in [1.82, 2.24) is 0 Å². The number of carbonyl (C=O) groups excluding carboxylic acids is 1. The molecular weight excluding hydrogens is 229 g/mol. The smallest absolute Gasteiger partial charge is 0.166 e. The average Bonchev–Trinajstić information content (AvgIpc) is 2.41. The third kappa shape index (κ3) is 2.78. The lowest BCUT2D eigenvalue weighted by atomic mass is 9.78. The van der Waals surface area contributed by atoms with E-state index < -0.39 is 0 Å². The largest absolute Gasteiger partial charge is 0.330 e. The topological polar surface area (TPSA) is 43.1 Å². The average molecular weight is 249 g/mol. The maximum atomic E-state index is 13.2. The lowest BCUT2D eigenvalue weighted by Gasteiger charge is -2.27. The highest BCUT2D eigenvalue weighted by molar-refractivity contribution is 5.99. The first kappa shape index (κ1) is 13.2. The Morgan fingerprint density at radius 3 is 2.61 bits per heavy atom. The Hall–Kier alpha value is -1.22. The van der Waals surface area contributed by atoms with E-state index in [1.54, 1.807) is 6.07 Å².